The first kappa shape index (κ1) is 12.3. The van der Waals surface area contributed by atoms with Crippen molar-refractivity contribution in [2.45, 2.75) is 26.9 Å². The molecule has 0 saturated carbocycles. The van der Waals surface area contributed by atoms with Crippen molar-refractivity contribution in [2.24, 2.45) is 0 Å². The van der Waals surface area contributed by atoms with Gasteiger partial charge in [-0.2, -0.15) is 0 Å². The summed E-state index contributed by atoms with van der Waals surface area (Å²) in [6, 6.07) is 0. The lowest BCUT2D eigenvalue weighted by Crippen LogP contribution is -2.05. The van der Waals surface area contributed by atoms with E-state index in [1.165, 1.54) is 10.4 Å². The molecular formula is C12H17N3OS. The second-order valence-electron chi connectivity index (χ2n) is 4.02. The number of aryl methyl sites for hydroxylation is 2. The molecule has 0 bridgehead atoms. The molecule has 4 nitrogen and oxygen atoms in total. The topological polar surface area (TPSA) is 47.0 Å². The monoisotopic (exact) mass is 251 g/mol. The quantitative estimate of drug-likeness (QED) is 0.910. The second-order valence-corrected chi connectivity index (χ2v) is 5.22. The molecule has 0 aliphatic rings. The van der Waals surface area contributed by atoms with Gasteiger partial charge in [0.1, 0.15) is 16.8 Å². The van der Waals surface area contributed by atoms with Gasteiger partial charge in [0.05, 0.1) is 5.39 Å². The van der Waals surface area contributed by atoms with Gasteiger partial charge >= 0.3 is 0 Å². The SMILES string of the molecule is CNc1nc(C(C)OC)nc2sc(C)c(C)c12. The van der Waals surface area contributed by atoms with Crippen LogP contribution in [0.15, 0.2) is 0 Å². The third kappa shape index (κ3) is 2.00. The zero-order valence-electron chi connectivity index (χ0n) is 10.8. The lowest BCUT2D eigenvalue weighted by atomic mass is 10.2. The molecule has 0 aliphatic heterocycles. The number of nitrogens with one attached hydrogen (secondary N) is 1. The molecule has 0 aromatic carbocycles. The number of aromatic nitrogens is 2. The third-order valence-corrected chi connectivity index (χ3v) is 4.10. The molecule has 92 valence electrons. The van der Waals surface area contributed by atoms with Crippen LogP contribution < -0.4 is 5.32 Å². The molecule has 1 N–H and O–H groups in total. The van der Waals surface area contributed by atoms with Gasteiger partial charge in [0.2, 0.25) is 0 Å². The van der Waals surface area contributed by atoms with E-state index < -0.39 is 0 Å². The van der Waals surface area contributed by atoms with Crippen LogP contribution in [0.25, 0.3) is 10.2 Å². The van der Waals surface area contributed by atoms with Crippen molar-refractivity contribution in [2.75, 3.05) is 19.5 Å². The predicted molar refractivity (Wildman–Crippen MR) is 71.9 cm³/mol. The minimum Gasteiger partial charge on any atom is -0.374 e. The van der Waals surface area contributed by atoms with E-state index in [9.17, 15) is 0 Å². The van der Waals surface area contributed by atoms with Crippen LogP contribution in [0.5, 0.6) is 0 Å². The fourth-order valence-electron chi connectivity index (χ4n) is 1.73. The highest BCUT2D eigenvalue weighted by molar-refractivity contribution is 7.18. The molecule has 2 aromatic heterocycles. The Morgan fingerprint density at radius 3 is 2.59 bits per heavy atom. The first-order chi connectivity index (χ1) is 8.08. The Labute approximate surface area is 105 Å². The highest BCUT2D eigenvalue weighted by atomic mass is 32.1. The van der Waals surface area contributed by atoms with E-state index in [4.69, 9.17) is 4.74 Å². The number of anilines is 1. The van der Waals surface area contributed by atoms with Crippen molar-refractivity contribution in [1.82, 2.24) is 9.97 Å². The summed E-state index contributed by atoms with van der Waals surface area (Å²) < 4.78 is 5.27. The van der Waals surface area contributed by atoms with Gasteiger partial charge in [0.15, 0.2) is 5.82 Å². The highest BCUT2D eigenvalue weighted by Crippen LogP contribution is 2.33. The Kier molecular flexibility index (Phi) is 3.31. The molecule has 2 aromatic rings. The highest BCUT2D eigenvalue weighted by Gasteiger charge is 2.16. The van der Waals surface area contributed by atoms with Gasteiger partial charge in [0, 0.05) is 19.0 Å². The third-order valence-electron chi connectivity index (χ3n) is 3.00. The van der Waals surface area contributed by atoms with Gasteiger partial charge in [-0.25, -0.2) is 9.97 Å². The largest absolute Gasteiger partial charge is 0.374 e. The fourth-order valence-corrected chi connectivity index (χ4v) is 2.77. The van der Waals surface area contributed by atoms with Gasteiger partial charge in [-0.3, -0.25) is 0 Å². The molecule has 2 heterocycles. The van der Waals surface area contributed by atoms with E-state index in [1.54, 1.807) is 18.4 Å². The number of methoxy groups -OCH3 is 1. The fraction of sp³-hybridized carbons (Fsp3) is 0.500. The summed E-state index contributed by atoms with van der Waals surface area (Å²) in [7, 11) is 3.55. The van der Waals surface area contributed by atoms with Crippen molar-refractivity contribution in [3.8, 4) is 0 Å². The average Bonchev–Trinajstić information content (AvgIpc) is 2.63. The van der Waals surface area contributed by atoms with Crippen LogP contribution in [-0.4, -0.2) is 24.1 Å². The summed E-state index contributed by atoms with van der Waals surface area (Å²) in [5.41, 5.74) is 1.26. The Morgan fingerprint density at radius 2 is 2.00 bits per heavy atom. The van der Waals surface area contributed by atoms with Crippen molar-refractivity contribution < 1.29 is 4.74 Å². The van der Waals surface area contributed by atoms with Gasteiger partial charge in [-0.15, -0.1) is 11.3 Å². The number of rotatable bonds is 3. The lowest BCUT2D eigenvalue weighted by Gasteiger charge is -2.10. The summed E-state index contributed by atoms with van der Waals surface area (Å²) in [6.45, 7) is 6.17. The number of nitrogens with zero attached hydrogens (tertiary/aromatic N) is 2. The molecule has 1 unspecified atom stereocenters. The first-order valence-corrected chi connectivity index (χ1v) is 6.38. The van der Waals surface area contributed by atoms with Crippen LogP contribution in [0.4, 0.5) is 5.82 Å². The number of hydrogen-bond acceptors (Lipinski definition) is 5. The van der Waals surface area contributed by atoms with E-state index in [2.05, 4.69) is 29.1 Å². The second kappa shape index (κ2) is 4.58. The summed E-state index contributed by atoms with van der Waals surface area (Å²) in [6.07, 6.45) is -0.0887. The number of ether oxygens (including phenoxy) is 1. The summed E-state index contributed by atoms with van der Waals surface area (Å²) >= 11 is 1.70. The average molecular weight is 251 g/mol. The van der Waals surface area contributed by atoms with Crippen molar-refractivity contribution in [3.63, 3.8) is 0 Å². The summed E-state index contributed by atoms with van der Waals surface area (Å²) in [5.74, 6) is 1.61. The van der Waals surface area contributed by atoms with E-state index in [1.807, 2.05) is 14.0 Å². The van der Waals surface area contributed by atoms with Crippen molar-refractivity contribution in [1.29, 1.82) is 0 Å². The van der Waals surface area contributed by atoms with Crippen LogP contribution in [-0.2, 0) is 4.74 Å². The molecule has 5 heteroatoms. The zero-order chi connectivity index (χ0) is 12.6. The Morgan fingerprint density at radius 1 is 1.29 bits per heavy atom. The maximum Gasteiger partial charge on any atom is 0.160 e. The van der Waals surface area contributed by atoms with Crippen LogP contribution in [0.3, 0.4) is 0 Å². The van der Waals surface area contributed by atoms with Crippen molar-refractivity contribution in [3.05, 3.63) is 16.3 Å². The van der Waals surface area contributed by atoms with Crippen molar-refractivity contribution >= 4 is 27.4 Å². The number of thiophene rings is 1. The first-order valence-electron chi connectivity index (χ1n) is 5.56. The molecule has 0 spiro atoms. The van der Waals surface area contributed by atoms with Crippen LogP contribution >= 0.6 is 11.3 Å². The maximum atomic E-state index is 5.27. The van der Waals surface area contributed by atoms with Gasteiger partial charge in [-0.1, -0.05) is 0 Å². The molecule has 17 heavy (non-hydrogen) atoms. The Hall–Kier alpha value is -1.20. The smallest absolute Gasteiger partial charge is 0.160 e. The molecule has 0 fully saturated rings. The van der Waals surface area contributed by atoms with Gasteiger partial charge < -0.3 is 10.1 Å². The normalized spacial score (nSPS) is 13.0. The standard InChI is InChI=1S/C12H17N3OS/c1-6-8(3)17-12-9(6)11(13-4)14-10(15-12)7(2)16-5/h7H,1-5H3,(H,13,14,15). The maximum absolute atomic E-state index is 5.27. The number of fused-ring (bicyclic) bond motifs is 1. The van der Waals surface area contributed by atoms with E-state index in [0.717, 1.165) is 21.9 Å². The van der Waals surface area contributed by atoms with E-state index in [0.29, 0.717) is 0 Å². The Bertz CT molecular complexity index is 550. The molecule has 0 aliphatic carbocycles. The predicted octanol–water partition coefficient (Wildman–Crippen LogP) is 3.06. The van der Waals surface area contributed by atoms with Gasteiger partial charge in [-0.05, 0) is 26.3 Å². The molecule has 2 rings (SSSR count). The summed E-state index contributed by atoms with van der Waals surface area (Å²) in [5, 5.41) is 4.27. The lowest BCUT2D eigenvalue weighted by molar-refractivity contribution is 0.112. The molecule has 0 saturated heterocycles. The van der Waals surface area contributed by atoms with E-state index >= 15 is 0 Å². The molecular weight excluding hydrogens is 234 g/mol. The van der Waals surface area contributed by atoms with Gasteiger partial charge in [0.25, 0.3) is 0 Å². The van der Waals surface area contributed by atoms with Crippen LogP contribution in [0.2, 0.25) is 0 Å². The molecule has 0 radical (unpaired) electrons. The molecule has 0 amide bonds. The van der Waals surface area contributed by atoms with E-state index in [-0.39, 0.29) is 6.10 Å². The van der Waals surface area contributed by atoms with Crippen LogP contribution in [0.1, 0.15) is 29.3 Å². The van der Waals surface area contributed by atoms with Crippen LogP contribution in [0, 0.1) is 13.8 Å². The molecule has 1 atom stereocenters. The Balaban J connectivity index is 2.70. The minimum atomic E-state index is -0.0887. The zero-order valence-corrected chi connectivity index (χ0v) is 11.6. The minimum absolute atomic E-state index is 0.0887. The summed E-state index contributed by atoms with van der Waals surface area (Å²) in [4.78, 5) is 11.4. The number of hydrogen-bond donors (Lipinski definition) is 1.